The Hall–Kier alpha value is -1.45. The summed E-state index contributed by atoms with van der Waals surface area (Å²) in [6.07, 6.45) is 0. The summed E-state index contributed by atoms with van der Waals surface area (Å²) < 4.78 is 30.1. The summed E-state index contributed by atoms with van der Waals surface area (Å²) in [6, 6.07) is 1.25. The van der Waals surface area contributed by atoms with Gasteiger partial charge in [0.05, 0.1) is 7.11 Å². The highest BCUT2D eigenvalue weighted by atomic mass is 32.2. The number of carboxylic acid groups (broad SMARTS) is 1. The molecule has 0 unspecified atom stereocenters. The third-order valence-electron chi connectivity index (χ3n) is 2.95. The second-order valence-corrected chi connectivity index (χ2v) is 7.30. The van der Waals surface area contributed by atoms with Crippen LogP contribution in [0, 0.1) is 0 Å². The molecule has 0 spiro atoms. The number of likely N-dealkylation sites (N-methyl/N-ethyl adjacent to an activating group) is 1. The number of rotatable bonds is 5. The standard InChI is InChI=1S/C11H15NO6S2/c1-11(2,10(14)15)12(3)20(16,17)7-5-6-19-8(7)9(13)18-4/h5-6H,1-4H3,(H,14,15). The van der Waals surface area contributed by atoms with Crippen molar-refractivity contribution >= 4 is 33.3 Å². The van der Waals surface area contributed by atoms with Crippen LogP contribution < -0.4 is 0 Å². The smallest absolute Gasteiger partial charge is 0.349 e. The fourth-order valence-corrected chi connectivity index (χ4v) is 4.11. The fourth-order valence-electron chi connectivity index (χ4n) is 1.32. The lowest BCUT2D eigenvalue weighted by molar-refractivity contribution is -0.145. The van der Waals surface area contributed by atoms with E-state index in [9.17, 15) is 18.0 Å². The number of ether oxygens (including phenoxy) is 1. The highest BCUT2D eigenvalue weighted by molar-refractivity contribution is 7.89. The van der Waals surface area contributed by atoms with E-state index in [1.807, 2.05) is 0 Å². The molecule has 0 saturated carbocycles. The Morgan fingerprint density at radius 2 is 1.95 bits per heavy atom. The highest BCUT2D eigenvalue weighted by Gasteiger charge is 2.41. The van der Waals surface area contributed by atoms with Crippen molar-refractivity contribution in [3.63, 3.8) is 0 Å². The Balaban J connectivity index is 3.35. The number of carbonyl (C=O) groups excluding carboxylic acids is 1. The topological polar surface area (TPSA) is 101 Å². The Labute approximate surface area is 120 Å². The second kappa shape index (κ2) is 5.51. The van der Waals surface area contributed by atoms with Crippen molar-refractivity contribution < 1.29 is 27.9 Å². The van der Waals surface area contributed by atoms with Gasteiger partial charge in [-0.3, -0.25) is 4.79 Å². The molecule has 0 saturated heterocycles. The van der Waals surface area contributed by atoms with E-state index in [1.165, 1.54) is 25.3 Å². The van der Waals surface area contributed by atoms with Crippen LogP contribution in [0.3, 0.4) is 0 Å². The minimum atomic E-state index is -4.12. The minimum Gasteiger partial charge on any atom is -0.480 e. The van der Waals surface area contributed by atoms with Crippen LogP contribution in [0.5, 0.6) is 0 Å². The Kier molecular flexibility index (Phi) is 4.57. The molecule has 1 rings (SSSR count). The Morgan fingerprint density at radius 3 is 2.40 bits per heavy atom. The molecular weight excluding hydrogens is 306 g/mol. The summed E-state index contributed by atoms with van der Waals surface area (Å²) in [5, 5.41) is 10.5. The molecule has 0 aliphatic carbocycles. The van der Waals surface area contributed by atoms with Gasteiger partial charge in [0.25, 0.3) is 0 Å². The number of aliphatic carboxylic acids is 1. The minimum absolute atomic E-state index is 0.0828. The van der Waals surface area contributed by atoms with Gasteiger partial charge in [-0.1, -0.05) is 0 Å². The second-order valence-electron chi connectivity index (χ2n) is 4.44. The SMILES string of the molecule is COC(=O)c1sccc1S(=O)(=O)N(C)C(C)(C)C(=O)O. The number of nitrogens with zero attached hydrogens (tertiary/aromatic N) is 1. The van der Waals surface area contributed by atoms with E-state index in [0.717, 1.165) is 29.8 Å². The van der Waals surface area contributed by atoms with E-state index < -0.39 is 27.5 Å². The van der Waals surface area contributed by atoms with E-state index in [4.69, 9.17) is 5.11 Å². The van der Waals surface area contributed by atoms with Crippen molar-refractivity contribution in [2.75, 3.05) is 14.2 Å². The number of methoxy groups -OCH3 is 1. The molecule has 1 aromatic heterocycles. The molecule has 0 atom stereocenters. The summed E-state index contributed by atoms with van der Waals surface area (Å²) in [5.74, 6) is -2.07. The van der Waals surface area contributed by atoms with Gasteiger partial charge in [-0.25, -0.2) is 13.2 Å². The van der Waals surface area contributed by atoms with Crippen molar-refractivity contribution in [1.29, 1.82) is 0 Å². The van der Waals surface area contributed by atoms with E-state index in [1.54, 1.807) is 0 Å². The first-order valence-corrected chi connectivity index (χ1v) is 7.77. The number of esters is 1. The summed E-state index contributed by atoms with van der Waals surface area (Å²) >= 11 is 0.918. The molecule has 1 aromatic rings. The molecule has 112 valence electrons. The molecule has 1 N–H and O–H groups in total. The summed E-state index contributed by atoms with van der Waals surface area (Å²) in [6.45, 7) is 2.52. The number of carbonyl (C=O) groups is 2. The van der Waals surface area contributed by atoms with Crippen molar-refractivity contribution in [3.05, 3.63) is 16.3 Å². The Morgan fingerprint density at radius 1 is 1.40 bits per heavy atom. The van der Waals surface area contributed by atoms with Gasteiger partial charge >= 0.3 is 11.9 Å². The summed E-state index contributed by atoms with van der Waals surface area (Å²) in [7, 11) is -1.82. The zero-order valence-electron chi connectivity index (χ0n) is 11.4. The van der Waals surface area contributed by atoms with Crippen molar-refractivity contribution in [2.24, 2.45) is 0 Å². The zero-order valence-corrected chi connectivity index (χ0v) is 13.0. The van der Waals surface area contributed by atoms with Crippen LogP contribution in [-0.4, -0.2) is 49.5 Å². The molecule has 0 amide bonds. The molecule has 1 heterocycles. The van der Waals surface area contributed by atoms with Crippen LogP contribution in [0.4, 0.5) is 0 Å². The monoisotopic (exact) mass is 321 g/mol. The maximum atomic E-state index is 12.4. The predicted molar refractivity (Wildman–Crippen MR) is 72.3 cm³/mol. The van der Waals surface area contributed by atoms with Crippen LogP contribution >= 0.6 is 11.3 Å². The Bertz CT molecular complexity index is 631. The van der Waals surface area contributed by atoms with Gasteiger partial charge in [0.15, 0.2) is 0 Å². The lowest BCUT2D eigenvalue weighted by Crippen LogP contribution is -2.50. The normalized spacial score (nSPS) is 12.4. The van der Waals surface area contributed by atoms with Gasteiger partial charge in [0, 0.05) is 7.05 Å². The van der Waals surface area contributed by atoms with Gasteiger partial charge in [0.2, 0.25) is 10.0 Å². The van der Waals surface area contributed by atoms with Crippen LogP contribution in [0.2, 0.25) is 0 Å². The molecule has 9 heteroatoms. The third kappa shape index (κ3) is 2.69. The van der Waals surface area contributed by atoms with Crippen LogP contribution in [0.25, 0.3) is 0 Å². The number of carboxylic acids is 1. The van der Waals surface area contributed by atoms with Gasteiger partial charge in [-0.05, 0) is 25.3 Å². The summed E-state index contributed by atoms with van der Waals surface area (Å²) in [4.78, 5) is 22.4. The number of sulfonamides is 1. The molecule has 0 radical (unpaired) electrons. The molecule has 0 bridgehead atoms. The van der Waals surface area contributed by atoms with Crippen molar-refractivity contribution in [3.8, 4) is 0 Å². The van der Waals surface area contributed by atoms with Gasteiger partial charge in [-0.15, -0.1) is 11.3 Å². The molecule has 0 fully saturated rings. The van der Waals surface area contributed by atoms with E-state index in [-0.39, 0.29) is 9.77 Å². The lowest BCUT2D eigenvalue weighted by atomic mass is 10.1. The van der Waals surface area contributed by atoms with Crippen molar-refractivity contribution in [1.82, 2.24) is 4.31 Å². The lowest BCUT2D eigenvalue weighted by Gasteiger charge is -2.30. The van der Waals surface area contributed by atoms with Gasteiger partial charge in [-0.2, -0.15) is 4.31 Å². The van der Waals surface area contributed by atoms with E-state index in [0.29, 0.717) is 0 Å². The maximum Gasteiger partial charge on any atom is 0.349 e. The number of thiophene rings is 1. The average molecular weight is 321 g/mol. The fraction of sp³-hybridized carbons (Fsp3) is 0.455. The first kappa shape index (κ1) is 16.6. The summed E-state index contributed by atoms with van der Waals surface area (Å²) in [5.41, 5.74) is -1.64. The van der Waals surface area contributed by atoms with Crippen LogP contribution in [0.15, 0.2) is 16.3 Å². The zero-order chi connectivity index (χ0) is 15.7. The largest absolute Gasteiger partial charge is 0.480 e. The molecule has 20 heavy (non-hydrogen) atoms. The maximum absolute atomic E-state index is 12.4. The first-order valence-electron chi connectivity index (χ1n) is 5.45. The van der Waals surface area contributed by atoms with Gasteiger partial charge < -0.3 is 9.84 Å². The van der Waals surface area contributed by atoms with Crippen molar-refractivity contribution in [2.45, 2.75) is 24.3 Å². The molecule has 0 aromatic carbocycles. The molecule has 0 aliphatic heterocycles. The molecular formula is C11H15NO6S2. The van der Waals surface area contributed by atoms with Crippen LogP contribution in [-0.2, 0) is 19.6 Å². The first-order chi connectivity index (χ1) is 9.06. The molecule has 0 aliphatic rings. The highest BCUT2D eigenvalue weighted by Crippen LogP contribution is 2.29. The van der Waals surface area contributed by atoms with E-state index >= 15 is 0 Å². The number of hydrogen-bond acceptors (Lipinski definition) is 6. The average Bonchev–Trinajstić information content (AvgIpc) is 2.86. The third-order valence-corrected chi connectivity index (χ3v) is 6.05. The molecule has 7 nitrogen and oxygen atoms in total. The number of hydrogen-bond donors (Lipinski definition) is 1. The van der Waals surface area contributed by atoms with Crippen LogP contribution in [0.1, 0.15) is 23.5 Å². The van der Waals surface area contributed by atoms with Gasteiger partial charge in [0.1, 0.15) is 15.3 Å². The predicted octanol–water partition coefficient (Wildman–Crippen LogP) is 1.02. The quantitative estimate of drug-likeness (QED) is 0.813. The van der Waals surface area contributed by atoms with E-state index in [2.05, 4.69) is 4.74 Å².